The first kappa shape index (κ1) is 9.85. The maximum Gasteiger partial charge on any atom is 0.335 e. The maximum absolute atomic E-state index is 11.1. The van der Waals surface area contributed by atoms with E-state index < -0.39 is 5.97 Å². The number of carboxylic acids is 1. The van der Waals surface area contributed by atoms with E-state index in [4.69, 9.17) is 5.11 Å². The molecular formula is C13H15NO2. The van der Waals surface area contributed by atoms with Gasteiger partial charge >= 0.3 is 5.97 Å². The summed E-state index contributed by atoms with van der Waals surface area (Å²) in [6, 6.07) is 6.17. The van der Waals surface area contributed by atoms with Crippen LogP contribution in [-0.4, -0.2) is 29.1 Å². The zero-order valence-electron chi connectivity index (χ0n) is 9.15. The Morgan fingerprint density at radius 2 is 2.19 bits per heavy atom. The number of rotatable bonds is 2. The van der Waals surface area contributed by atoms with Crippen LogP contribution in [0.15, 0.2) is 18.2 Å². The standard InChI is InChI=1S/C13H15NO2/c15-13(16)11-4-1-3-10-9(11)5-6-12(10)14-7-2-8-14/h1,3-4,12H,2,5-8H2,(H,15,16). The van der Waals surface area contributed by atoms with Gasteiger partial charge in [-0.1, -0.05) is 12.1 Å². The van der Waals surface area contributed by atoms with E-state index in [1.54, 1.807) is 6.07 Å². The number of benzene rings is 1. The Hall–Kier alpha value is -1.35. The monoisotopic (exact) mass is 217 g/mol. The Bertz CT molecular complexity index is 438. The number of aromatic carboxylic acids is 1. The molecule has 16 heavy (non-hydrogen) atoms. The molecule has 1 heterocycles. The second-order valence-electron chi connectivity index (χ2n) is 4.62. The average Bonchev–Trinajstić information content (AvgIpc) is 2.59. The molecule has 1 unspecified atom stereocenters. The summed E-state index contributed by atoms with van der Waals surface area (Å²) in [6.07, 6.45) is 3.28. The fraction of sp³-hybridized carbons (Fsp3) is 0.462. The molecule has 1 aliphatic heterocycles. The molecule has 0 radical (unpaired) electrons. The smallest absolute Gasteiger partial charge is 0.335 e. The van der Waals surface area contributed by atoms with Gasteiger partial charge < -0.3 is 5.11 Å². The summed E-state index contributed by atoms with van der Waals surface area (Å²) in [4.78, 5) is 13.6. The zero-order chi connectivity index (χ0) is 11.1. The predicted octanol–water partition coefficient (Wildman–Crippen LogP) is 2.08. The summed E-state index contributed by atoms with van der Waals surface area (Å²) in [7, 11) is 0. The molecule has 3 heteroatoms. The fourth-order valence-corrected chi connectivity index (χ4v) is 2.86. The number of hydrogen-bond donors (Lipinski definition) is 1. The van der Waals surface area contributed by atoms with Crippen LogP contribution in [0.2, 0.25) is 0 Å². The minimum atomic E-state index is -0.791. The van der Waals surface area contributed by atoms with Gasteiger partial charge in [0.2, 0.25) is 0 Å². The van der Waals surface area contributed by atoms with Crippen LogP contribution in [0.4, 0.5) is 0 Å². The van der Waals surface area contributed by atoms with Gasteiger partial charge in [-0.05, 0) is 49.5 Å². The van der Waals surface area contributed by atoms with Crippen molar-refractivity contribution in [2.75, 3.05) is 13.1 Å². The number of carbonyl (C=O) groups is 1. The van der Waals surface area contributed by atoms with Crippen LogP contribution in [0.3, 0.4) is 0 Å². The third-order valence-electron chi connectivity index (χ3n) is 3.80. The highest BCUT2D eigenvalue weighted by molar-refractivity contribution is 5.90. The molecule has 1 saturated heterocycles. The quantitative estimate of drug-likeness (QED) is 0.824. The van der Waals surface area contributed by atoms with E-state index in [0.717, 1.165) is 18.4 Å². The van der Waals surface area contributed by atoms with Crippen LogP contribution in [-0.2, 0) is 6.42 Å². The van der Waals surface area contributed by atoms with Crippen LogP contribution in [0.1, 0.15) is 40.4 Å². The number of likely N-dealkylation sites (tertiary alicyclic amines) is 1. The first-order valence-corrected chi connectivity index (χ1v) is 5.86. The molecule has 1 aromatic carbocycles. The van der Waals surface area contributed by atoms with Crippen LogP contribution >= 0.6 is 0 Å². The lowest BCUT2D eigenvalue weighted by atomic mass is 10.0. The van der Waals surface area contributed by atoms with Crippen molar-refractivity contribution in [3.05, 3.63) is 34.9 Å². The van der Waals surface area contributed by atoms with E-state index >= 15 is 0 Å². The molecule has 3 rings (SSSR count). The molecule has 0 aromatic heterocycles. The van der Waals surface area contributed by atoms with E-state index in [-0.39, 0.29) is 0 Å². The van der Waals surface area contributed by atoms with Crippen molar-refractivity contribution in [2.45, 2.75) is 25.3 Å². The van der Waals surface area contributed by atoms with Crippen molar-refractivity contribution in [1.29, 1.82) is 0 Å². The van der Waals surface area contributed by atoms with Gasteiger partial charge in [-0.3, -0.25) is 4.90 Å². The lowest BCUT2D eigenvalue weighted by Crippen LogP contribution is -2.39. The molecular weight excluding hydrogens is 202 g/mol. The summed E-state index contributed by atoms with van der Waals surface area (Å²) in [6.45, 7) is 2.34. The Labute approximate surface area is 94.7 Å². The Balaban J connectivity index is 1.99. The van der Waals surface area contributed by atoms with Gasteiger partial charge in [-0.15, -0.1) is 0 Å². The molecule has 1 atom stereocenters. The lowest BCUT2D eigenvalue weighted by molar-refractivity contribution is 0.0695. The maximum atomic E-state index is 11.1. The van der Waals surface area contributed by atoms with Crippen LogP contribution in [0.5, 0.6) is 0 Å². The average molecular weight is 217 g/mol. The SMILES string of the molecule is O=C(O)c1cccc2c1CCC2N1CCC1. The first-order valence-electron chi connectivity index (χ1n) is 5.86. The third kappa shape index (κ3) is 1.35. The lowest BCUT2D eigenvalue weighted by Gasteiger charge is -2.36. The largest absolute Gasteiger partial charge is 0.478 e. The molecule has 1 aromatic rings. The number of nitrogens with zero attached hydrogens (tertiary/aromatic N) is 1. The Morgan fingerprint density at radius 3 is 2.81 bits per heavy atom. The number of hydrogen-bond acceptors (Lipinski definition) is 2. The van der Waals surface area contributed by atoms with Gasteiger partial charge in [0, 0.05) is 6.04 Å². The van der Waals surface area contributed by atoms with Crippen LogP contribution < -0.4 is 0 Å². The molecule has 1 N–H and O–H groups in total. The van der Waals surface area contributed by atoms with Crippen LogP contribution in [0, 0.1) is 0 Å². The molecule has 3 nitrogen and oxygen atoms in total. The van der Waals surface area contributed by atoms with Crippen molar-refractivity contribution in [3.63, 3.8) is 0 Å². The summed E-state index contributed by atoms with van der Waals surface area (Å²) >= 11 is 0. The highest BCUT2D eigenvalue weighted by Crippen LogP contribution is 2.39. The summed E-state index contributed by atoms with van der Waals surface area (Å²) < 4.78 is 0. The van der Waals surface area contributed by atoms with Crippen LogP contribution in [0.25, 0.3) is 0 Å². The van der Waals surface area contributed by atoms with Crippen molar-refractivity contribution < 1.29 is 9.90 Å². The molecule has 1 fully saturated rings. The van der Waals surface area contributed by atoms with Gasteiger partial charge in [0.25, 0.3) is 0 Å². The van der Waals surface area contributed by atoms with Crippen molar-refractivity contribution in [3.8, 4) is 0 Å². The van der Waals surface area contributed by atoms with Gasteiger partial charge in [0.15, 0.2) is 0 Å². The molecule has 0 saturated carbocycles. The second-order valence-corrected chi connectivity index (χ2v) is 4.62. The molecule has 0 bridgehead atoms. The zero-order valence-corrected chi connectivity index (χ0v) is 9.15. The normalized spacial score (nSPS) is 23.9. The summed E-state index contributed by atoms with van der Waals surface area (Å²) in [5.74, 6) is -0.791. The number of carboxylic acid groups (broad SMARTS) is 1. The number of fused-ring (bicyclic) bond motifs is 1. The van der Waals surface area contributed by atoms with Gasteiger partial charge in [0.1, 0.15) is 0 Å². The molecule has 84 valence electrons. The summed E-state index contributed by atoms with van der Waals surface area (Å²) in [5, 5.41) is 9.13. The van der Waals surface area contributed by atoms with E-state index in [1.807, 2.05) is 6.07 Å². The minimum absolute atomic E-state index is 0.475. The van der Waals surface area contributed by atoms with Gasteiger partial charge in [-0.25, -0.2) is 4.79 Å². The summed E-state index contributed by atoms with van der Waals surface area (Å²) in [5.41, 5.74) is 2.81. The van der Waals surface area contributed by atoms with Gasteiger partial charge in [0.05, 0.1) is 5.56 Å². The van der Waals surface area contributed by atoms with Crippen molar-refractivity contribution in [2.24, 2.45) is 0 Å². The van der Waals surface area contributed by atoms with E-state index in [1.165, 1.54) is 25.1 Å². The van der Waals surface area contributed by atoms with E-state index in [2.05, 4.69) is 11.0 Å². The molecule has 0 amide bonds. The Kier molecular flexibility index (Phi) is 2.21. The second kappa shape index (κ2) is 3.59. The third-order valence-corrected chi connectivity index (χ3v) is 3.80. The van der Waals surface area contributed by atoms with Crippen molar-refractivity contribution in [1.82, 2.24) is 4.90 Å². The topological polar surface area (TPSA) is 40.5 Å². The highest BCUT2D eigenvalue weighted by Gasteiger charge is 2.32. The first-order chi connectivity index (χ1) is 7.77. The predicted molar refractivity (Wildman–Crippen MR) is 60.7 cm³/mol. The van der Waals surface area contributed by atoms with Crippen molar-refractivity contribution >= 4 is 5.97 Å². The fourth-order valence-electron chi connectivity index (χ4n) is 2.86. The molecule has 2 aliphatic rings. The Morgan fingerprint density at radius 1 is 1.38 bits per heavy atom. The molecule has 0 spiro atoms. The minimum Gasteiger partial charge on any atom is -0.478 e. The molecule has 1 aliphatic carbocycles. The highest BCUT2D eigenvalue weighted by atomic mass is 16.4. The van der Waals surface area contributed by atoms with Gasteiger partial charge in [-0.2, -0.15) is 0 Å². The van der Waals surface area contributed by atoms with E-state index in [0.29, 0.717) is 11.6 Å². The van der Waals surface area contributed by atoms with E-state index in [9.17, 15) is 4.79 Å².